The summed E-state index contributed by atoms with van der Waals surface area (Å²) in [5.41, 5.74) is 0. The molecule has 1 aliphatic heterocycles. The topological polar surface area (TPSA) is 15.3 Å². The highest BCUT2D eigenvalue weighted by Gasteiger charge is 2.19. The molecule has 0 bridgehead atoms. The second kappa shape index (κ2) is 6.49. The molecule has 1 atom stereocenters. The maximum Gasteiger partial charge on any atom is 0.00414 e. The number of hydrogen-bond acceptors (Lipinski definition) is 2. The largest absolute Gasteiger partial charge is 0.316 e. The first-order valence-corrected chi connectivity index (χ1v) is 6.57. The van der Waals surface area contributed by atoms with Gasteiger partial charge >= 0.3 is 0 Å². The molecule has 2 nitrogen and oxygen atoms in total. The Labute approximate surface area is 95.4 Å². The minimum atomic E-state index is 0.674. The molecular weight excluding hydrogens is 184 g/mol. The molecule has 0 aromatic heterocycles. The van der Waals surface area contributed by atoms with Crippen LogP contribution in [0.3, 0.4) is 0 Å². The van der Waals surface area contributed by atoms with E-state index in [9.17, 15) is 0 Å². The second-order valence-electron chi connectivity index (χ2n) is 5.45. The van der Waals surface area contributed by atoms with Crippen molar-refractivity contribution in [2.45, 2.75) is 59.0 Å². The number of nitrogens with zero attached hydrogens (tertiary/aromatic N) is 1. The van der Waals surface area contributed by atoms with Crippen molar-refractivity contribution in [3.63, 3.8) is 0 Å². The van der Waals surface area contributed by atoms with E-state index < -0.39 is 0 Å². The van der Waals surface area contributed by atoms with Gasteiger partial charge in [-0.15, -0.1) is 0 Å². The summed E-state index contributed by atoms with van der Waals surface area (Å²) < 4.78 is 0. The molecule has 0 spiro atoms. The fourth-order valence-electron chi connectivity index (χ4n) is 2.56. The molecule has 1 heterocycles. The molecule has 1 aliphatic rings. The molecule has 0 aliphatic carbocycles. The highest BCUT2D eigenvalue weighted by atomic mass is 15.2. The van der Waals surface area contributed by atoms with Crippen LogP contribution in [0.25, 0.3) is 0 Å². The van der Waals surface area contributed by atoms with Crippen LogP contribution in [0.5, 0.6) is 0 Å². The molecule has 15 heavy (non-hydrogen) atoms. The van der Waals surface area contributed by atoms with Gasteiger partial charge in [-0.05, 0) is 59.5 Å². The van der Waals surface area contributed by atoms with Crippen molar-refractivity contribution in [1.82, 2.24) is 10.2 Å². The lowest BCUT2D eigenvalue weighted by molar-refractivity contribution is 0.143. The van der Waals surface area contributed by atoms with Crippen LogP contribution in [0.15, 0.2) is 0 Å². The van der Waals surface area contributed by atoms with Crippen LogP contribution < -0.4 is 5.32 Å². The molecule has 1 saturated heterocycles. The average Bonchev–Trinajstić information content (AvgIpc) is 2.41. The Morgan fingerprint density at radius 2 is 1.80 bits per heavy atom. The van der Waals surface area contributed by atoms with Gasteiger partial charge in [0.15, 0.2) is 0 Å². The Kier molecular flexibility index (Phi) is 5.62. The quantitative estimate of drug-likeness (QED) is 0.770. The second-order valence-corrected chi connectivity index (χ2v) is 5.45. The monoisotopic (exact) mass is 212 g/mol. The van der Waals surface area contributed by atoms with Gasteiger partial charge in [-0.1, -0.05) is 6.42 Å². The molecule has 2 heteroatoms. The molecule has 0 amide bonds. The van der Waals surface area contributed by atoms with Crippen LogP contribution in [0.1, 0.15) is 47.0 Å². The summed E-state index contributed by atoms with van der Waals surface area (Å²) in [6.45, 7) is 12.9. The standard InChI is InChI=1S/C13H28N2/c1-11(2)15(12(3)4)10-13-7-5-6-8-14-9-13/h11-14H,5-10H2,1-4H3. The van der Waals surface area contributed by atoms with E-state index in [-0.39, 0.29) is 0 Å². The molecule has 1 rings (SSSR count). The van der Waals surface area contributed by atoms with Crippen molar-refractivity contribution in [1.29, 1.82) is 0 Å². The number of hydrogen-bond donors (Lipinski definition) is 1. The predicted molar refractivity (Wildman–Crippen MR) is 67.2 cm³/mol. The van der Waals surface area contributed by atoms with Gasteiger partial charge in [-0.3, -0.25) is 4.90 Å². The summed E-state index contributed by atoms with van der Waals surface area (Å²) in [5, 5.41) is 3.55. The van der Waals surface area contributed by atoms with Crippen molar-refractivity contribution >= 4 is 0 Å². The third-order valence-corrected chi connectivity index (χ3v) is 3.44. The zero-order valence-electron chi connectivity index (χ0n) is 10.9. The maximum absolute atomic E-state index is 3.55. The third-order valence-electron chi connectivity index (χ3n) is 3.44. The van der Waals surface area contributed by atoms with Crippen LogP contribution >= 0.6 is 0 Å². The van der Waals surface area contributed by atoms with E-state index in [4.69, 9.17) is 0 Å². The van der Waals surface area contributed by atoms with Crippen molar-refractivity contribution in [2.75, 3.05) is 19.6 Å². The predicted octanol–water partition coefficient (Wildman–Crippen LogP) is 2.49. The molecule has 90 valence electrons. The van der Waals surface area contributed by atoms with E-state index in [1.165, 1.54) is 38.9 Å². The Balaban J connectivity index is 2.41. The summed E-state index contributed by atoms with van der Waals surface area (Å²) in [4.78, 5) is 2.62. The minimum Gasteiger partial charge on any atom is -0.316 e. The summed E-state index contributed by atoms with van der Waals surface area (Å²) >= 11 is 0. The van der Waals surface area contributed by atoms with Crippen LogP contribution in [0.4, 0.5) is 0 Å². The highest BCUT2D eigenvalue weighted by Crippen LogP contribution is 2.16. The van der Waals surface area contributed by atoms with Gasteiger partial charge in [-0.2, -0.15) is 0 Å². The van der Waals surface area contributed by atoms with E-state index in [1.807, 2.05) is 0 Å². The van der Waals surface area contributed by atoms with E-state index in [1.54, 1.807) is 0 Å². The summed E-state index contributed by atoms with van der Waals surface area (Å²) in [7, 11) is 0. The Morgan fingerprint density at radius 1 is 1.13 bits per heavy atom. The molecule has 1 N–H and O–H groups in total. The van der Waals surface area contributed by atoms with Gasteiger partial charge in [0.05, 0.1) is 0 Å². The maximum atomic E-state index is 3.55. The number of rotatable bonds is 4. The van der Waals surface area contributed by atoms with Crippen molar-refractivity contribution in [3.05, 3.63) is 0 Å². The zero-order valence-corrected chi connectivity index (χ0v) is 10.9. The smallest absolute Gasteiger partial charge is 0.00414 e. The minimum absolute atomic E-state index is 0.674. The van der Waals surface area contributed by atoms with E-state index >= 15 is 0 Å². The van der Waals surface area contributed by atoms with Gasteiger partial charge in [0.2, 0.25) is 0 Å². The molecular formula is C13H28N2. The van der Waals surface area contributed by atoms with Crippen LogP contribution in [0, 0.1) is 5.92 Å². The number of nitrogens with one attached hydrogen (secondary N) is 1. The Hall–Kier alpha value is -0.0800. The van der Waals surface area contributed by atoms with Gasteiger partial charge in [0.1, 0.15) is 0 Å². The Bertz CT molecular complexity index is 150. The Morgan fingerprint density at radius 3 is 2.40 bits per heavy atom. The van der Waals surface area contributed by atoms with E-state index in [0.29, 0.717) is 12.1 Å². The third kappa shape index (κ3) is 4.52. The lowest BCUT2D eigenvalue weighted by atomic mass is 10.0. The lowest BCUT2D eigenvalue weighted by Gasteiger charge is -2.33. The van der Waals surface area contributed by atoms with E-state index in [2.05, 4.69) is 37.9 Å². The molecule has 1 fully saturated rings. The molecule has 1 unspecified atom stereocenters. The van der Waals surface area contributed by atoms with Crippen molar-refractivity contribution in [3.8, 4) is 0 Å². The average molecular weight is 212 g/mol. The first-order chi connectivity index (χ1) is 7.11. The van der Waals surface area contributed by atoms with Crippen LogP contribution in [0.2, 0.25) is 0 Å². The van der Waals surface area contributed by atoms with Crippen molar-refractivity contribution in [2.24, 2.45) is 5.92 Å². The first-order valence-electron chi connectivity index (χ1n) is 6.57. The van der Waals surface area contributed by atoms with Crippen LogP contribution in [-0.4, -0.2) is 36.6 Å². The highest BCUT2D eigenvalue weighted by molar-refractivity contribution is 4.75. The molecule has 0 radical (unpaired) electrons. The summed E-state index contributed by atoms with van der Waals surface area (Å²) in [5.74, 6) is 0.859. The SMILES string of the molecule is CC(C)N(CC1CCCCNC1)C(C)C. The fraction of sp³-hybridized carbons (Fsp3) is 1.00. The van der Waals surface area contributed by atoms with Gasteiger partial charge in [0, 0.05) is 18.6 Å². The summed E-state index contributed by atoms with van der Waals surface area (Å²) in [6.07, 6.45) is 4.17. The fourth-order valence-corrected chi connectivity index (χ4v) is 2.56. The van der Waals surface area contributed by atoms with Crippen molar-refractivity contribution < 1.29 is 0 Å². The molecule has 0 aromatic rings. The van der Waals surface area contributed by atoms with E-state index in [0.717, 1.165) is 5.92 Å². The normalized spacial score (nSPS) is 23.8. The first kappa shape index (κ1) is 13.0. The molecule has 0 aromatic carbocycles. The lowest BCUT2D eigenvalue weighted by Crippen LogP contribution is -2.42. The van der Waals surface area contributed by atoms with Gasteiger partial charge < -0.3 is 5.32 Å². The zero-order chi connectivity index (χ0) is 11.3. The summed E-state index contributed by atoms with van der Waals surface area (Å²) in [6, 6.07) is 1.35. The molecule has 0 saturated carbocycles. The van der Waals surface area contributed by atoms with Crippen LogP contribution in [-0.2, 0) is 0 Å². The van der Waals surface area contributed by atoms with Gasteiger partial charge in [0.25, 0.3) is 0 Å². The van der Waals surface area contributed by atoms with Gasteiger partial charge in [-0.25, -0.2) is 0 Å².